The molecular formula is C52H44F3NO3. The third kappa shape index (κ3) is 7.62. The molecule has 6 aromatic carbocycles. The van der Waals surface area contributed by atoms with Crippen LogP contribution in [-0.4, -0.2) is 17.3 Å². The van der Waals surface area contributed by atoms with Crippen LogP contribution in [0.3, 0.4) is 0 Å². The van der Waals surface area contributed by atoms with Crippen LogP contribution >= 0.6 is 0 Å². The number of carboxylic acid groups (broad SMARTS) is 1. The number of allylic oxidation sites excluding steroid dienone is 3. The summed E-state index contributed by atoms with van der Waals surface area (Å²) >= 11 is 0. The molecule has 9 rings (SSSR count). The quantitative estimate of drug-likeness (QED) is 0.148. The van der Waals surface area contributed by atoms with Gasteiger partial charge in [-0.05, 0) is 144 Å². The van der Waals surface area contributed by atoms with Crippen LogP contribution in [0.1, 0.15) is 97.2 Å². The van der Waals surface area contributed by atoms with Gasteiger partial charge < -0.3 is 9.84 Å². The molecule has 0 spiro atoms. The maximum Gasteiger partial charge on any atom is 0.417 e. The van der Waals surface area contributed by atoms with Crippen LogP contribution in [0.2, 0.25) is 0 Å². The van der Waals surface area contributed by atoms with E-state index in [2.05, 4.69) is 37.3 Å². The van der Waals surface area contributed by atoms with Crippen LogP contribution in [0.25, 0.3) is 39.3 Å². The van der Waals surface area contributed by atoms with Crippen LogP contribution in [-0.2, 0) is 23.8 Å². The molecule has 0 aromatic heterocycles. The summed E-state index contributed by atoms with van der Waals surface area (Å²) in [6.07, 6.45) is 12.5. The number of carboxylic acids is 1. The Morgan fingerprint density at radius 3 is 2.44 bits per heavy atom. The molecule has 3 aliphatic rings. The molecule has 0 saturated carbocycles. The number of aliphatic carboxylic acids is 1. The smallest absolute Gasteiger partial charge is 0.417 e. The van der Waals surface area contributed by atoms with E-state index < -0.39 is 17.7 Å². The van der Waals surface area contributed by atoms with Crippen molar-refractivity contribution >= 4 is 57.1 Å². The molecule has 0 radical (unpaired) electrons. The van der Waals surface area contributed by atoms with Crippen molar-refractivity contribution < 1.29 is 27.8 Å². The molecule has 2 aliphatic carbocycles. The van der Waals surface area contributed by atoms with E-state index in [0.717, 1.165) is 89.7 Å². The lowest BCUT2D eigenvalue weighted by Crippen LogP contribution is -2.22. The van der Waals surface area contributed by atoms with Crippen molar-refractivity contribution in [2.75, 3.05) is 0 Å². The molecule has 1 N–H and O–H groups in total. The molecule has 2 bridgehead atoms. The van der Waals surface area contributed by atoms with Gasteiger partial charge in [-0.25, -0.2) is 0 Å². The van der Waals surface area contributed by atoms with E-state index in [1.807, 2.05) is 66.9 Å². The zero-order valence-electron chi connectivity index (χ0n) is 33.0. The number of ether oxygens (including phenoxy) is 1. The zero-order chi connectivity index (χ0) is 40.7. The number of benzene rings is 6. The summed E-state index contributed by atoms with van der Waals surface area (Å²) in [6.45, 7) is 2.08. The first-order valence-corrected chi connectivity index (χ1v) is 20.6. The van der Waals surface area contributed by atoms with Gasteiger partial charge in [-0.15, -0.1) is 0 Å². The highest BCUT2D eigenvalue weighted by molar-refractivity contribution is 6.02. The molecule has 0 fully saturated rings. The minimum atomic E-state index is -4.55. The largest absolute Gasteiger partial charge is 0.481 e. The number of rotatable bonds is 9. The van der Waals surface area contributed by atoms with Gasteiger partial charge in [-0.3, -0.25) is 9.79 Å². The predicted molar refractivity (Wildman–Crippen MR) is 232 cm³/mol. The van der Waals surface area contributed by atoms with Gasteiger partial charge in [0.15, 0.2) is 0 Å². The van der Waals surface area contributed by atoms with Crippen molar-refractivity contribution in [3.63, 3.8) is 0 Å². The Kier molecular flexibility index (Phi) is 10.3. The van der Waals surface area contributed by atoms with Crippen molar-refractivity contribution in [1.82, 2.24) is 0 Å². The van der Waals surface area contributed by atoms with Crippen LogP contribution < -0.4 is 15.2 Å². The lowest BCUT2D eigenvalue weighted by atomic mass is 9.86. The predicted octanol–water partition coefficient (Wildman–Crippen LogP) is 12.5. The second-order valence-corrected chi connectivity index (χ2v) is 15.8. The molecule has 0 saturated heterocycles. The Bertz CT molecular complexity index is 2880. The molecule has 59 heavy (non-hydrogen) atoms. The summed E-state index contributed by atoms with van der Waals surface area (Å²) in [5.41, 5.74) is 8.47. The highest BCUT2D eigenvalue weighted by atomic mass is 19.4. The third-order valence-corrected chi connectivity index (χ3v) is 12.0. The first-order valence-electron chi connectivity index (χ1n) is 20.6. The normalized spacial score (nSPS) is 16.0. The number of hydrogen-bond donors (Lipinski definition) is 1. The Labute approximate surface area is 341 Å². The van der Waals surface area contributed by atoms with E-state index in [0.29, 0.717) is 34.3 Å². The van der Waals surface area contributed by atoms with Crippen molar-refractivity contribution in [3.8, 4) is 11.5 Å². The molecule has 6 aromatic rings. The molecule has 296 valence electrons. The fraction of sp³-hybridized carbons (Fsp3) is 0.231. The van der Waals surface area contributed by atoms with Gasteiger partial charge in [-0.1, -0.05) is 90.9 Å². The number of alkyl halides is 3. The molecule has 1 heterocycles. The molecule has 7 heteroatoms. The fourth-order valence-electron chi connectivity index (χ4n) is 9.07. The molecular weight excluding hydrogens is 744 g/mol. The average Bonchev–Trinajstić information content (AvgIpc) is 3.44. The second kappa shape index (κ2) is 15.9. The van der Waals surface area contributed by atoms with Crippen molar-refractivity contribution in [2.24, 2.45) is 4.99 Å². The Hall–Kier alpha value is -6.21. The summed E-state index contributed by atoms with van der Waals surface area (Å²) in [6, 6.07) is 29.9. The minimum Gasteiger partial charge on any atom is -0.481 e. The van der Waals surface area contributed by atoms with Gasteiger partial charge in [-0.2, -0.15) is 13.2 Å². The Balaban J connectivity index is 1.14. The van der Waals surface area contributed by atoms with E-state index in [9.17, 15) is 18.0 Å². The lowest BCUT2D eigenvalue weighted by Gasteiger charge is -2.26. The van der Waals surface area contributed by atoms with Gasteiger partial charge >= 0.3 is 12.1 Å². The summed E-state index contributed by atoms with van der Waals surface area (Å²) in [7, 11) is 0. The van der Waals surface area contributed by atoms with Gasteiger partial charge in [0.1, 0.15) is 11.5 Å². The lowest BCUT2D eigenvalue weighted by molar-refractivity contribution is -0.138. The maximum atomic E-state index is 14.8. The monoisotopic (exact) mass is 787 g/mol. The van der Waals surface area contributed by atoms with Crippen LogP contribution in [0.4, 0.5) is 18.9 Å². The van der Waals surface area contributed by atoms with E-state index in [1.54, 1.807) is 12.1 Å². The number of nitrogens with zero attached hydrogens (tertiary/aromatic N) is 1. The summed E-state index contributed by atoms with van der Waals surface area (Å²) in [5, 5.41) is 14.6. The molecule has 0 amide bonds. The van der Waals surface area contributed by atoms with Crippen LogP contribution in [0.5, 0.6) is 11.5 Å². The van der Waals surface area contributed by atoms with E-state index in [1.165, 1.54) is 39.6 Å². The van der Waals surface area contributed by atoms with Gasteiger partial charge in [0, 0.05) is 39.8 Å². The molecule has 1 aliphatic heterocycles. The van der Waals surface area contributed by atoms with Gasteiger partial charge in [0.25, 0.3) is 0 Å². The fourth-order valence-corrected chi connectivity index (χ4v) is 9.07. The first-order chi connectivity index (χ1) is 28.6. The van der Waals surface area contributed by atoms with Gasteiger partial charge in [0.05, 0.1) is 11.3 Å². The standard InChI is InChI=1S/C52H44F3NO3/c1-2-32(10-8-16-48(57)58)27-34-17-19-35(20-18-34)31-56-38-22-24-39-37(29-38)21-23-43-49(42-14-5-6-15-47(42)52(53,54)55)44-26-25-41-40-13-4-3-9-33-11-7-12-36(45(40)28-33)30-46(41)51(44)59-50(39)43/h5-6,9,14-15,17-31H,2-4,7-8,10-13,16H2,1H3,(H,57,58)/b32-27-,33-9+,56-31?. The van der Waals surface area contributed by atoms with Crippen LogP contribution in [0.15, 0.2) is 119 Å². The second-order valence-electron chi connectivity index (χ2n) is 15.8. The number of fused-ring (bicyclic) bond motifs is 8. The zero-order valence-corrected chi connectivity index (χ0v) is 33.0. The summed E-state index contributed by atoms with van der Waals surface area (Å²) in [4.78, 5) is 15.7. The van der Waals surface area contributed by atoms with E-state index >= 15 is 0 Å². The molecule has 0 atom stereocenters. The van der Waals surface area contributed by atoms with Crippen molar-refractivity contribution in [2.45, 2.75) is 77.3 Å². The number of hydrogen-bond acceptors (Lipinski definition) is 3. The molecule has 0 unspecified atom stereocenters. The number of halogens is 3. The van der Waals surface area contributed by atoms with Crippen molar-refractivity contribution in [3.05, 3.63) is 164 Å². The maximum absolute atomic E-state index is 14.8. The molecule has 4 nitrogen and oxygen atoms in total. The van der Waals surface area contributed by atoms with E-state index in [4.69, 9.17) is 14.8 Å². The topological polar surface area (TPSA) is 58.9 Å². The first kappa shape index (κ1) is 38.3. The Morgan fingerprint density at radius 1 is 0.814 bits per heavy atom. The van der Waals surface area contributed by atoms with Gasteiger partial charge in [0.2, 0.25) is 0 Å². The summed E-state index contributed by atoms with van der Waals surface area (Å²) in [5.74, 6) is 0.365. The van der Waals surface area contributed by atoms with Crippen molar-refractivity contribution in [1.29, 1.82) is 0 Å². The minimum absolute atomic E-state index is 0.129. The number of aryl methyl sites for hydroxylation is 2. The highest BCUT2D eigenvalue weighted by Crippen LogP contribution is 2.46. The van der Waals surface area contributed by atoms with Crippen LogP contribution in [0, 0.1) is 0 Å². The number of aliphatic imine (C=N–C) groups is 1. The average molecular weight is 788 g/mol. The SMILES string of the molecule is CC/C(=C/c1ccc(C=Nc2ccc3c4c(ccc3c2)C(c2ccccc2C(F)(F)F)=c2ccc3c5c6c(cc3c2O4)CCC/C(=C\CCC5)C=6)cc1)CCCC(=O)O. The number of carbonyl (C=O) groups is 1. The third-order valence-electron chi connectivity index (χ3n) is 12.0. The Morgan fingerprint density at radius 2 is 1.63 bits per heavy atom. The highest BCUT2D eigenvalue weighted by Gasteiger charge is 2.36. The van der Waals surface area contributed by atoms with E-state index in [-0.39, 0.29) is 12.0 Å². The summed E-state index contributed by atoms with van der Waals surface area (Å²) < 4.78 is 51.3.